The molecule has 1 aliphatic rings. The van der Waals surface area contributed by atoms with Gasteiger partial charge in [0.2, 0.25) is 5.91 Å². The number of ether oxygens (including phenoxy) is 1. The SMILES string of the molecule is COC(=O)C1(NC(=O)[C@H](C)S(=O)(=O)C(C)C)CCC(C)CC1. The first-order valence-corrected chi connectivity index (χ1v) is 9.31. The van der Waals surface area contributed by atoms with Crippen LogP contribution in [-0.4, -0.2) is 43.4 Å². The Kier molecular flexibility index (Phi) is 6.01. The van der Waals surface area contributed by atoms with Gasteiger partial charge in [-0.15, -0.1) is 0 Å². The first-order chi connectivity index (χ1) is 10.1. The molecule has 1 saturated carbocycles. The highest BCUT2D eigenvalue weighted by molar-refractivity contribution is 7.93. The van der Waals surface area contributed by atoms with Crippen molar-refractivity contribution in [1.29, 1.82) is 0 Å². The van der Waals surface area contributed by atoms with E-state index in [4.69, 9.17) is 4.74 Å². The van der Waals surface area contributed by atoms with Gasteiger partial charge in [0, 0.05) is 0 Å². The molecule has 0 aliphatic heterocycles. The Balaban J connectivity index is 2.96. The molecule has 1 rings (SSSR count). The molecule has 1 fully saturated rings. The van der Waals surface area contributed by atoms with E-state index < -0.39 is 37.8 Å². The van der Waals surface area contributed by atoms with E-state index in [0.717, 1.165) is 12.8 Å². The summed E-state index contributed by atoms with van der Waals surface area (Å²) >= 11 is 0. The van der Waals surface area contributed by atoms with Gasteiger partial charge in [0.25, 0.3) is 0 Å². The summed E-state index contributed by atoms with van der Waals surface area (Å²) in [5.41, 5.74) is -1.10. The van der Waals surface area contributed by atoms with Crippen LogP contribution in [0.4, 0.5) is 0 Å². The second-order valence-corrected chi connectivity index (χ2v) is 9.35. The van der Waals surface area contributed by atoms with Crippen LogP contribution in [-0.2, 0) is 24.2 Å². The fraction of sp³-hybridized carbons (Fsp3) is 0.867. The number of hydrogen-bond donors (Lipinski definition) is 1. The van der Waals surface area contributed by atoms with E-state index in [9.17, 15) is 18.0 Å². The summed E-state index contributed by atoms with van der Waals surface area (Å²) in [6, 6.07) is 0. The summed E-state index contributed by atoms with van der Waals surface area (Å²) < 4.78 is 29.1. The summed E-state index contributed by atoms with van der Waals surface area (Å²) in [4.78, 5) is 24.5. The number of carbonyl (C=O) groups is 2. The first-order valence-electron chi connectivity index (χ1n) is 7.70. The molecule has 0 radical (unpaired) electrons. The van der Waals surface area contributed by atoms with Gasteiger partial charge in [0.05, 0.1) is 12.4 Å². The normalized spacial score (nSPS) is 27.3. The molecule has 1 amide bonds. The molecule has 0 unspecified atom stereocenters. The smallest absolute Gasteiger partial charge is 0.331 e. The highest BCUT2D eigenvalue weighted by atomic mass is 32.2. The molecule has 7 heteroatoms. The Labute approximate surface area is 132 Å². The molecular weight excluding hydrogens is 306 g/mol. The van der Waals surface area contributed by atoms with Crippen molar-refractivity contribution in [1.82, 2.24) is 5.32 Å². The van der Waals surface area contributed by atoms with E-state index in [-0.39, 0.29) is 0 Å². The molecule has 1 N–H and O–H groups in total. The van der Waals surface area contributed by atoms with Gasteiger partial charge >= 0.3 is 5.97 Å². The molecule has 1 atom stereocenters. The van der Waals surface area contributed by atoms with Crippen molar-refractivity contribution in [3.8, 4) is 0 Å². The van der Waals surface area contributed by atoms with E-state index in [2.05, 4.69) is 12.2 Å². The molecule has 0 heterocycles. The van der Waals surface area contributed by atoms with Gasteiger partial charge in [-0.1, -0.05) is 6.92 Å². The molecule has 0 aromatic carbocycles. The number of rotatable bonds is 5. The van der Waals surface area contributed by atoms with Gasteiger partial charge < -0.3 is 10.1 Å². The topological polar surface area (TPSA) is 89.5 Å². The quantitative estimate of drug-likeness (QED) is 0.769. The summed E-state index contributed by atoms with van der Waals surface area (Å²) in [5, 5.41) is 0.840. The van der Waals surface area contributed by atoms with Crippen LogP contribution in [0.5, 0.6) is 0 Å². The minimum absolute atomic E-state index is 0.473. The lowest BCUT2D eigenvalue weighted by Crippen LogP contribution is -2.59. The van der Waals surface area contributed by atoms with E-state index >= 15 is 0 Å². The van der Waals surface area contributed by atoms with Crippen molar-refractivity contribution in [2.24, 2.45) is 5.92 Å². The molecule has 0 aromatic rings. The standard InChI is InChI=1S/C15H27NO5S/c1-10(2)22(19,20)12(4)13(17)16-15(14(18)21-5)8-6-11(3)7-9-15/h10-12H,6-9H2,1-5H3,(H,16,17)/t11?,12-,15?/m0/s1. The second-order valence-electron chi connectivity index (χ2n) is 6.53. The molecule has 0 bridgehead atoms. The largest absolute Gasteiger partial charge is 0.467 e. The van der Waals surface area contributed by atoms with Crippen LogP contribution in [0, 0.1) is 5.92 Å². The molecule has 1 aliphatic carbocycles. The number of methoxy groups -OCH3 is 1. The molecule has 6 nitrogen and oxygen atoms in total. The first kappa shape index (κ1) is 18.9. The van der Waals surface area contributed by atoms with Crippen LogP contribution in [0.3, 0.4) is 0 Å². The maximum atomic E-state index is 12.4. The zero-order valence-electron chi connectivity index (χ0n) is 14.0. The lowest BCUT2D eigenvalue weighted by Gasteiger charge is -2.38. The van der Waals surface area contributed by atoms with Crippen LogP contribution < -0.4 is 5.32 Å². The fourth-order valence-corrected chi connectivity index (χ4v) is 3.90. The fourth-order valence-electron chi connectivity index (χ4n) is 2.73. The van der Waals surface area contributed by atoms with Crippen molar-refractivity contribution in [3.63, 3.8) is 0 Å². The van der Waals surface area contributed by atoms with Crippen LogP contribution in [0.15, 0.2) is 0 Å². The van der Waals surface area contributed by atoms with Crippen molar-refractivity contribution >= 4 is 21.7 Å². The lowest BCUT2D eigenvalue weighted by atomic mass is 9.77. The van der Waals surface area contributed by atoms with E-state index in [1.807, 2.05) is 0 Å². The Hall–Kier alpha value is -1.11. The van der Waals surface area contributed by atoms with E-state index in [0.29, 0.717) is 18.8 Å². The number of esters is 1. The average Bonchev–Trinajstić information content (AvgIpc) is 2.47. The van der Waals surface area contributed by atoms with Crippen LogP contribution in [0.2, 0.25) is 0 Å². The van der Waals surface area contributed by atoms with Crippen molar-refractivity contribution in [2.75, 3.05) is 7.11 Å². The average molecular weight is 333 g/mol. The number of hydrogen-bond acceptors (Lipinski definition) is 5. The maximum Gasteiger partial charge on any atom is 0.331 e. The third kappa shape index (κ3) is 3.80. The highest BCUT2D eigenvalue weighted by Crippen LogP contribution is 2.33. The van der Waals surface area contributed by atoms with Crippen molar-refractivity contribution in [3.05, 3.63) is 0 Å². The van der Waals surface area contributed by atoms with Gasteiger partial charge in [0.1, 0.15) is 10.8 Å². The van der Waals surface area contributed by atoms with E-state index in [1.54, 1.807) is 0 Å². The Morgan fingerprint density at radius 1 is 1.18 bits per heavy atom. The number of amides is 1. The Bertz CT molecular complexity index is 518. The number of carbonyl (C=O) groups excluding carboxylic acids is 2. The zero-order valence-corrected chi connectivity index (χ0v) is 14.8. The molecule has 0 spiro atoms. The molecule has 22 heavy (non-hydrogen) atoms. The third-order valence-electron chi connectivity index (χ3n) is 4.59. The molecule has 0 saturated heterocycles. The summed E-state index contributed by atoms with van der Waals surface area (Å²) in [6.07, 6.45) is 2.53. The maximum absolute atomic E-state index is 12.4. The van der Waals surface area contributed by atoms with Crippen LogP contribution >= 0.6 is 0 Å². The van der Waals surface area contributed by atoms with E-state index in [1.165, 1.54) is 27.9 Å². The third-order valence-corrected chi connectivity index (χ3v) is 7.10. The summed E-state index contributed by atoms with van der Waals surface area (Å²) in [6.45, 7) is 6.53. The number of sulfone groups is 1. The Morgan fingerprint density at radius 2 is 1.68 bits per heavy atom. The molecule has 0 aromatic heterocycles. The minimum atomic E-state index is -3.56. The highest BCUT2D eigenvalue weighted by Gasteiger charge is 2.45. The predicted octanol–water partition coefficient (Wildman–Crippen LogP) is 1.44. The van der Waals surface area contributed by atoms with Gasteiger partial charge in [-0.05, 0) is 52.4 Å². The minimum Gasteiger partial charge on any atom is -0.467 e. The van der Waals surface area contributed by atoms with Gasteiger partial charge in [-0.25, -0.2) is 13.2 Å². The van der Waals surface area contributed by atoms with Crippen LogP contribution in [0.25, 0.3) is 0 Å². The number of nitrogens with one attached hydrogen (secondary N) is 1. The molecule has 128 valence electrons. The molecular formula is C15H27NO5S. The van der Waals surface area contributed by atoms with Gasteiger partial charge in [-0.3, -0.25) is 4.79 Å². The zero-order chi connectivity index (χ0) is 17.1. The van der Waals surface area contributed by atoms with Gasteiger partial charge in [0.15, 0.2) is 9.84 Å². The van der Waals surface area contributed by atoms with Crippen molar-refractivity contribution in [2.45, 2.75) is 69.4 Å². The van der Waals surface area contributed by atoms with Crippen molar-refractivity contribution < 1.29 is 22.7 Å². The summed E-state index contributed by atoms with van der Waals surface area (Å²) in [7, 11) is -2.28. The van der Waals surface area contributed by atoms with Gasteiger partial charge in [-0.2, -0.15) is 0 Å². The lowest BCUT2D eigenvalue weighted by molar-refractivity contribution is -0.153. The second kappa shape index (κ2) is 6.98. The summed E-state index contributed by atoms with van der Waals surface area (Å²) in [5.74, 6) is -0.651. The predicted molar refractivity (Wildman–Crippen MR) is 84.0 cm³/mol. The Morgan fingerprint density at radius 3 is 2.09 bits per heavy atom. The monoisotopic (exact) mass is 333 g/mol. The van der Waals surface area contributed by atoms with Crippen LogP contribution in [0.1, 0.15) is 53.4 Å².